The number of rotatable bonds is 0. The van der Waals surface area contributed by atoms with E-state index >= 15 is 0 Å². The molecule has 0 saturated carbocycles. The number of benzene rings is 1. The van der Waals surface area contributed by atoms with Crippen LogP contribution in [0.3, 0.4) is 0 Å². The molecule has 0 aliphatic carbocycles. The first-order chi connectivity index (χ1) is 10.3. The summed E-state index contributed by atoms with van der Waals surface area (Å²) in [5.74, 6) is 0.0977. The summed E-state index contributed by atoms with van der Waals surface area (Å²) >= 11 is 0. The van der Waals surface area contributed by atoms with Crippen LogP contribution in [0.4, 0.5) is 4.79 Å². The van der Waals surface area contributed by atoms with E-state index in [1.54, 1.807) is 4.90 Å². The second kappa shape index (κ2) is 5.00. The van der Waals surface area contributed by atoms with Crippen LogP contribution >= 0.6 is 0 Å². The van der Waals surface area contributed by atoms with Crippen molar-refractivity contribution in [2.75, 3.05) is 13.1 Å². The molecule has 2 heterocycles. The third-order valence-electron chi connectivity index (χ3n) is 4.22. The number of amides is 2. The highest BCUT2D eigenvalue weighted by atomic mass is 16.6. The van der Waals surface area contributed by atoms with Crippen LogP contribution in [0.1, 0.15) is 48.2 Å². The van der Waals surface area contributed by atoms with Gasteiger partial charge >= 0.3 is 6.09 Å². The number of hydrogen-bond acceptors (Lipinski definition) is 3. The van der Waals surface area contributed by atoms with Crippen LogP contribution in [0.25, 0.3) is 0 Å². The van der Waals surface area contributed by atoms with Gasteiger partial charge in [-0.25, -0.2) is 4.79 Å². The molecule has 0 radical (unpaired) electrons. The smallest absolute Gasteiger partial charge is 0.410 e. The SMILES string of the molecule is Cc1cccc2c1C(=O)N[C@@H]1CN(C(=O)OC(C)(C)C)C[C@@H]21. The van der Waals surface area contributed by atoms with Gasteiger partial charge in [-0.05, 0) is 38.8 Å². The summed E-state index contributed by atoms with van der Waals surface area (Å²) < 4.78 is 5.44. The molecular formula is C17H22N2O3. The van der Waals surface area contributed by atoms with E-state index in [4.69, 9.17) is 4.74 Å². The number of nitrogens with one attached hydrogen (secondary N) is 1. The zero-order valence-electron chi connectivity index (χ0n) is 13.5. The summed E-state index contributed by atoms with van der Waals surface area (Å²) in [6, 6.07) is 5.88. The van der Waals surface area contributed by atoms with Crippen molar-refractivity contribution in [1.82, 2.24) is 10.2 Å². The molecule has 1 saturated heterocycles. The van der Waals surface area contributed by atoms with Crippen molar-refractivity contribution in [3.05, 3.63) is 34.9 Å². The van der Waals surface area contributed by atoms with E-state index in [1.807, 2.05) is 45.9 Å². The Morgan fingerprint density at radius 3 is 2.73 bits per heavy atom. The largest absolute Gasteiger partial charge is 0.444 e. The lowest BCUT2D eigenvalue weighted by molar-refractivity contribution is 0.0288. The first-order valence-corrected chi connectivity index (χ1v) is 7.64. The molecule has 0 spiro atoms. The Kier molecular flexibility index (Phi) is 3.38. The van der Waals surface area contributed by atoms with Gasteiger partial charge in [-0.2, -0.15) is 0 Å². The fourth-order valence-corrected chi connectivity index (χ4v) is 3.29. The van der Waals surface area contributed by atoms with Gasteiger partial charge in [0.05, 0.1) is 6.04 Å². The fourth-order valence-electron chi connectivity index (χ4n) is 3.29. The van der Waals surface area contributed by atoms with Crippen LogP contribution in [-0.4, -0.2) is 41.6 Å². The highest BCUT2D eigenvalue weighted by Crippen LogP contribution is 2.35. The van der Waals surface area contributed by atoms with Crippen molar-refractivity contribution in [1.29, 1.82) is 0 Å². The summed E-state index contributed by atoms with van der Waals surface area (Å²) in [5, 5.41) is 3.03. The quantitative estimate of drug-likeness (QED) is 0.801. The van der Waals surface area contributed by atoms with Gasteiger partial charge in [0.1, 0.15) is 5.60 Å². The highest BCUT2D eigenvalue weighted by Gasteiger charge is 2.43. The summed E-state index contributed by atoms with van der Waals surface area (Å²) in [6.07, 6.45) is -0.314. The number of aryl methyl sites for hydroxylation is 1. The second-order valence-electron chi connectivity index (χ2n) is 7.11. The van der Waals surface area contributed by atoms with Gasteiger partial charge in [0.2, 0.25) is 0 Å². The molecule has 1 aromatic carbocycles. The standard InChI is InChI=1S/C17H22N2O3/c1-10-6-5-7-11-12-8-19(16(21)22-17(2,3)4)9-13(12)18-15(20)14(10)11/h5-7,12-13H,8-9H2,1-4H3,(H,18,20)/t12-,13+/m0/s1. The van der Waals surface area contributed by atoms with Crippen LogP contribution < -0.4 is 5.32 Å². The minimum atomic E-state index is -0.511. The second-order valence-corrected chi connectivity index (χ2v) is 7.11. The molecule has 0 bridgehead atoms. The third kappa shape index (κ3) is 2.56. The van der Waals surface area contributed by atoms with Gasteiger partial charge in [-0.15, -0.1) is 0 Å². The third-order valence-corrected chi connectivity index (χ3v) is 4.22. The van der Waals surface area contributed by atoms with E-state index in [9.17, 15) is 9.59 Å². The Morgan fingerprint density at radius 1 is 1.32 bits per heavy atom. The number of carbonyl (C=O) groups excluding carboxylic acids is 2. The normalized spacial score (nSPS) is 23.6. The number of ether oxygens (including phenoxy) is 1. The molecule has 3 rings (SSSR count). The average Bonchev–Trinajstić information content (AvgIpc) is 2.81. The lowest BCUT2D eigenvalue weighted by atomic mass is 9.84. The number of fused-ring (bicyclic) bond motifs is 3. The molecule has 1 aromatic rings. The molecule has 1 fully saturated rings. The summed E-state index contributed by atoms with van der Waals surface area (Å²) in [7, 11) is 0. The molecule has 0 unspecified atom stereocenters. The van der Waals surface area contributed by atoms with Crippen LogP contribution in [0.2, 0.25) is 0 Å². The summed E-state index contributed by atoms with van der Waals surface area (Å²) in [5.41, 5.74) is 2.27. The molecule has 2 amide bonds. The van der Waals surface area contributed by atoms with E-state index in [-0.39, 0.29) is 24.0 Å². The van der Waals surface area contributed by atoms with Crippen molar-refractivity contribution in [3.8, 4) is 0 Å². The molecule has 22 heavy (non-hydrogen) atoms. The predicted molar refractivity (Wildman–Crippen MR) is 83.0 cm³/mol. The van der Waals surface area contributed by atoms with Gasteiger partial charge < -0.3 is 15.0 Å². The number of nitrogens with zero attached hydrogens (tertiary/aromatic N) is 1. The lowest BCUT2D eigenvalue weighted by Gasteiger charge is -2.28. The Labute approximate surface area is 130 Å². The van der Waals surface area contributed by atoms with E-state index in [2.05, 4.69) is 5.32 Å². The number of hydrogen-bond donors (Lipinski definition) is 1. The lowest BCUT2D eigenvalue weighted by Crippen LogP contribution is -2.45. The zero-order valence-corrected chi connectivity index (χ0v) is 13.5. The Hall–Kier alpha value is -2.04. The monoisotopic (exact) mass is 302 g/mol. The van der Waals surface area contributed by atoms with E-state index < -0.39 is 5.60 Å². The fraction of sp³-hybridized carbons (Fsp3) is 0.529. The predicted octanol–water partition coefficient (Wildman–Crippen LogP) is 2.44. The van der Waals surface area contributed by atoms with Gasteiger partial charge in [-0.1, -0.05) is 18.2 Å². The van der Waals surface area contributed by atoms with E-state index in [0.29, 0.717) is 13.1 Å². The molecule has 0 aromatic heterocycles. The average molecular weight is 302 g/mol. The Morgan fingerprint density at radius 2 is 2.05 bits per heavy atom. The first-order valence-electron chi connectivity index (χ1n) is 7.64. The van der Waals surface area contributed by atoms with Crippen molar-refractivity contribution in [2.45, 2.75) is 45.3 Å². The molecule has 2 atom stereocenters. The minimum Gasteiger partial charge on any atom is -0.444 e. The molecule has 5 nitrogen and oxygen atoms in total. The number of carbonyl (C=O) groups is 2. The summed E-state index contributed by atoms with van der Waals surface area (Å²) in [4.78, 5) is 26.3. The maximum absolute atomic E-state index is 12.3. The molecule has 2 aliphatic rings. The Balaban J connectivity index is 1.85. The molecule has 5 heteroatoms. The van der Waals surface area contributed by atoms with Crippen LogP contribution in [0.5, 0.6) is 0 Å². The molecular weight excluding hydrogens is 280 g/mol. The van der Waals surface area contributed by atoms with Crippen LogP contribution in [-0.2, 0) is 4.74 Å². The van der Waals surface area contributed by atoms with Crippen LogP contribution in [0, 0.1) is 6.92 Å². The molecule has 2 aliphatic heterocycles. The zero-order chi connectivity index (χ0) is 16.1. The maximum atomic E-state index is 12.3. The first kappa shape index (κ1) is 14.9. The number of likely N-dealkylation sites (tertiary alicyclic amines) is 1. The Bertz CT molecular complexity index is 633. The van der Waals surface area contributed by atoms with Crippen molar-refractivity contribution >= 4 is 12.0 Å². The van der Waals surface area contributed by atoms with E-state index in [1.165, 1.54) is 0 Å². The minimum absolute atomic E-state index is 0.0330. The topological polar surface area (TPSA) is 58.6 Å². The molecule has 118 valence electrons. The highest BCUT2D eigenvalue weighted by molar-refractivity contribution is 5.99. The van der Waals surface area contributed by atoms with Crippen LogP contribution in [0.15, 0.2) is 18.2 Å². The molecule has 1 N–H and O–H groups in total. The van der Waals surface area contributed by atoms with Crippen molar-refractivity contribution in [2.24, 2.45) is 0 Å². The van der Waals surface area contributed by atoms with Crippen molar-refractivity contribution < 1.29 is 14.3 Å². The van der Waals surface area contributed by atoms with Gasteiger partial charge in [-0.3, -0.25) is 4.79 Å². The van der Waals surface area contributed by atoms with Gasteiger partial charge in [0.15, 0.2) is 0 Å². The summed E-state index contributed by atoms with van der Waals surface area (Å²) in [6.45, 7) is 8.59. The van der Waals surface area contributed by atoms with Gasteiger partial charge in [0, 0.05) is 24.6 Å². The van der Waals surface area contributed by atoms with Crippen molar-refractivity contribution in [3.63, 3.8) is 0 Å². The van der Waals surface area contributed by atoms with Gasteiger partial charge in [0.25, 0.3) is 5.91 Å². The maximum Gasteiger partial charge on any atom is 0.410 e. The van der Waals surface area contributed by atoms with E-state index in [0.717, 1.165) is 16.7 Å².